The van der Waals surface area contributed by atoms with Gasteiger partial charge in [-0.05, 0) is 6.92 Å². The van der Waals surface area contributed by atoms with Crippen molar-refractivity contribution in [1.82, 2.24) is 16.0 Å². The summed E-state index contributed by atoms with van der Waals surface area (Å²) < 4.78 is 64.3. The van der Waals surface area contributed by atoms with E-state index in [1.54, 1.807) is 0 Å². The molecule has 6 rings (SSSR count). The number of carbonyl (C=O) groups excluding carboxylic acids is 3. The fourth-order valence-electron chi connectivity index (χ4n) is 9.54. The lowest BCUT2D eigenvalue weighted by Gasteiger charge is -2.51. The lowest BCUT2D eigenvalue weighted by molar-refractivity contribution is -0.399. The molecule has 0 saturated carbocycles. The van der Waals surface area contributed by atoms with E-state index in [9.17, 15) is 96.1 Å². The highest BCUT2D eigenvalue weighted by atomic mass is 16.8. The largest absolute Gasteiger partial charge is 0.394 e. The van der Waals surface area contributed by atoms with Crippen LogP contribution in [-0.4, -0.2) is 317 Å². The number of rotatable bonds is 18. The van der Waals surface area contributed by atoms with E-state index in [4.69, 9.17) is 52.1 Å². The van der Waals surface area contributed by atoms with Gasteiger partial charge in [0.05, 0.1) is 39.1 Å². The molecule has 0 aromatic heterocycles. The molecule has 6 fully saturated rings. The lowest BCUT2D eigenvalue weighted by Crippen LogP contribution is -2.70. The van der Waals surface area contributed by atoms with E-state index < -0.39 is 235 Å². The number of amides is 3. The summed E-state index contributed by atoms with van der Waals surface area (Å²) in [5, 5.41) is 180. The molecule has 0 aromatic carbocycles. The van der Waals surface area contributed by atoms with Crippen LogP contribution in [0.25, 0.3) is 0 Å². The lowest BCUT2D eigenvalue weighted by atomic mass is 9.94. The molecule has 0 radical (unpaired) electrons. The molecule has 6 saturated heterocycles. The highest BCUT2D eigenvalue weighted by molar-refractivity contribution is 5.74. The van der Waals surface area contributed by atoms with Gasteiger partial charge in [-0.15, -0.1) is 0 Å². The van der Waals surface area contributed by atoms with E-state index in [0.29, 0.717) is 0 Å². The van der Waals surface area contributed by atoms with E-state index >= 15 is 0 Å². The Morgan fingerprint density at radius 1 is 0.373 bits per heavy atom. The van der Waals surface area contributed by atoms with Crippen molar-refractivity contribution >= 4 is 17.7 Å². The highest BCUT2D eigenvalue weighted by Gasteiger charge is 2.58. The van der Waals surface area contributed by atoms with Gasteiger partial charge in [0.1, 0.15) is 140 Å². The summed E-state index contributed by atoms with van der Waals surface area (Å²) in [5.74, 6) is -2.37. The van der Waals surface area contributed by atoms with Gasteiger partial charge in [0.15, 0.2) is 37.7 Å². The number of carbonyl (C=O) groups is 3. The first-order valence-corrected chi connectivity index (χ1v) is 23.9. The standard InChI is InChI=1S/C42H71N3O30/c1-10-22(53)29(60)31(62)40(66-10)75-36-35(74-39-19(43-11(2)50)27(58)23(54)14(5-46)68-39)25(56)16(7-48)70-42(36)72-33-17(8-49)71-38(20(28(33)59)44-12(3)51)65-9-18-26(57)34(21(37(64)67-18)45-13(4)52)73-41-32(63)30(61)24(55)15(6-47)69-41/h10,14-42,46-49,53-64H,5-9H2,1-4H3,(H,43,50)(H,44,51)(H,45,52)/t10-,14+,15+,16+,17+,18+,19+,20+,21+,22+,23-,24-,25-,26-,27+,28+,29+,30-,31-,32+,33+,34+,35-,36+,37?,38+,39+,40-,41-,42-/m0/s1. The molecule has 33 nitrogen and oxygen atoms in total. The van der Waals surface area contributed by atoms with Crippen LogP contribution in [0, 0.1) is 0 Å². The number of hydrogen-bond acceptors (Lipinski definition) is 30. The summed E-state index contributed by atoms with van der Waals surface area (Å²) in [7, 11) is 0. The second-order valence-corrected chi connectivity index (χ2v) is 19.0. The molecule has 0 aromatic rings. The van der Waals surface area contributed by atoms with Gasteiger partial charge in [-0.3, -0.25) is 14.4 Å². The molecule has 0 spiro atoms. The summed E-state index contributed by atoms with van der Waals surface area (Å²) in [6, 6.07) is -4.98. The fourth-order valence-corrected chi connectivity index (χ4v) is 9.54. The van der Waals surface area contributed by atoms with Gasteiger partial charge < -0.3 is 150 Å². The highest BCUT2D eigenvalue weighted by Crippen LogP contribution is 2.37. The molecule has 0 bridgehead atoms. The van der Waals surface area contributed by atoms with Crippen molar-refractivity contribution in [2.45, 2.75) is 212 Å². The van der Waals surface area contributed by atoms with E-state index in [2.05, 4.69) is 16.0 Å². The Hall–Kier alpha value is -2.67. The van der Waals surface area contributed by atoms with E-state index in [1.807, 2.05) is 0 Å². The zero-order valence-electron chi connectivity index (χ0n) is 40.7. The minimum Gasteiger partial charge on any atom is -0.394 e. The van der Waals surface area contributed by atoms with Crippen molar-refractivity contribution < 1.29 is 148 Å². The number of aliphatic hydroxyl groups is 16. The second kappa shape index (κ2) is 26.5. The Kier molecular flexibility index (Phi) is 21.8. The Morgan fingerprint density at radius 2 is 0.787 bits per heavy atom. The SMILES string of the molecule is CC(=O)N[C@H]1[C@H](OC[C@H]2OC(O)[C@H](NC(C)=O)[C@@H](O[C@@H]3O[C@H](CO)[C@H](O)[C@H](O)[C@H]3O)[C@H]2O)O[C@H](CO)[C@@H](O[C@@H]2O[C@H](CO)[C@H](O)[C@H](O[C@H]3O[C@H](CO)[C@H](O)[C@H](O)[C@H]3NC(C)=O)[C@H]2O[C@@H]2O[C@@H](C)[C@@H](O)[C@@H](O)[C@@H]2O)[C@@H]1O. The van der Waals surface area contributed by atoms with Crippen molar-refractivity contribution in [3.63, 3.8) is 0 Å². The fraction of sp³-hybridized carbons (Fsp3) is 0.929. The maximum absolute atomic E-state index is 12.7. The molecule has 75 heavy (non-hydrogen) atoms. The van der Waals surface area contributed by atoms with Crippen molar-refractivity contribution in [2.24, 2.45) is 0 Å². The quantitative estimate of drug-likeness (QED) is 0.0606. The molecular formula is C42H71N3O30. The molecule has 6 aliphatic heterocycles. The average molecular weight is 1100 g/mol. The van der Waals surface area contributed by atoms with Crippen LogP contribution >= 0.6 is 0 Å². The average Bonchev–Trinajstić information content (AvgIpc) is 3.36. The normalized spacial score (nSPS) is 48.6. The van der Waals surface area contributed by atoms with Gasteiger partial charge in [0, 0.05) is 20.8 Å². The first kappa shape index (κ1) is 61.5. The van der Waals surface area contributed by atoms with Gasteiger partial charge in [-0.1, -0.05) is 0 Å². The minimum atomic E-state index is -2.09. The van der Waals surface area contributed by atoms with Crippen LogP contribution in [0.5, 0.6) is 0 Å². The van der Waals surface area contributed by atoms with Crippen LogP contribution in [-0.2, 0) is 66.5 Å². The molecule has 30 atom stereocenters. The Bertz CT molecular complexity index is 1850. The number of aliphatic hydroxyl groups excluding tert-OH is 16. The molecular weight excluding hydrogens is 1030 g/mol. The predicted molar refractivity (Wildman–Crippen MR) is 233 cm³/mol. The molecule has 33 heteroatoms. The molecule has 6 heterocycles. The van der Waals surface area contributed by atoms with Crippen LogP contribution in [0.3, 0.4) is 0 Å². The first-order valence-electron chi connectivity index (χ1n) is 23.9. The van der Waals surface area contributed by atoms with Crippen LogP contribution in [0.15, 0.2) is 0 Å². The monoisotopic (exact) mass is 1100 g/mol. The maximum Gasteiger partial charge on any atom is 0.217 e. The molecule has 3 amide bonds. The summed E-state index contributed by atoms with van der Waals surface area (Å²) in [6.45, 7) is -0.267. The van der Waals surface area contributed by atoms with E-state index in [0.717, 1.165) is 20.8 Å². The third kappa shape index (κ3) is 13.7. The van der Waals surface area contributed by atoms with Gasteiger partial charge in [-0.2, -0.15) is 0 Å². The zero-order chi connectivity index (χ0) is 55.5. The summed E-state index contributed by atoms with van der Waals surface area (Å²) >= 11 is 0. The van der Waals surface area contributed by atoms with Crippen molar-refractivity contribution in [3.8, 4) is 0 Å². The molecule has 6 aliphatic rings. The summed E-state index contributed by atoms with van der Waals surface area (Å²) in [4.78, 5) is 37.2. The topological polar surface area (TPSA) is 513 Å². The number of hydrogen-bond donors (Lipinski definition) is 19. The Labute approximate surface area is 426 Å². The van der Waals surface area contributed by atoms with Crippen LogP contribution in [0.4, 0.5) is 0 Å². The Balaban J connectivity index is 1.28. The van der Waals surface area contributed by atoms with Crippen LogP contribution < -0.4 is 16.0 Å². The number of ether oxygens (including phenoxy) is 11. The van der Waals surface area contributed by atoms with Crippen LogP contribution in [0.2, 0.25) is 0 Å². The van der Waals surface area contributed by atoms with Gasteiger partial charge in [0.2, 0.25) is 17.7 Å². The van der Waals surface area contributed by atoms with Crippen molar-refractivity contribution in [3.05, 3.63) is 0 Å². The van der Waals surface area contributed by atoms with E-state index in [-0.39, 0.29) is 0 Å². The van der Waals surface area contributed by atoms with Gasteiger partial charge in [-0.25, -0.2) is 0 Å². The number of nitrogens with one attached hydrogen (secondary N) is 3. The summed E-state index contributed by atoms with van der Waals surface area (Å²) in [6.07, 6.45) is -49.9. The van der Waals surface area contributed by atoms with Crippen LogP contribution in [0.1, 0.15) is 27.7 Å². The molecule has 0 aliphatic carbocycles. The molecule has 19 N–H and O–H groups in total. The van der Waals surface area contributed by atoms with E-state index in [1.165, 1.54) is 6.92 Å². The van der Waals surface area contributed by atoms with Gasteiger partial charge in [0.25, 0.3) is 0 Å². The molecule has 1 unspecified atom stereocenters. The smallest absolute Gasteiger partial charge is 0.217 e. The minimum absolute atomic E-state index is 0.761. The maximum atomic E-state index is 12.7. The van der Waals surface area contributed by atoms with Gasteiger partial charge >= 0.3 is 0 Å². The third-order valence-electron chi connectivity index (χ3n) is 13.6. The predicted octanol–water partition coefficient (Wildman–Crippen LogP) is -12.6. The van der Waals surface area contributed by atoms with Crippen molar-refractivity contribution in [1.29, 1.82) is 0 Å². The summed E-state index contributed by atoms with van der Waals surface area (Å²) in [5.41, 5.74) is 0. The third-order valence-corrected chi connectivity index (χ3v) is 13.6. The Morgan fingerprint density at radius 3 is 1.35 bits per heavy atom. The first-order chi connectivity index (χ1) is 35.4. The van der Waals surface area contributed by atoms with Crippen molar-refractivity contribution in [2.75, 3.05) is 33.0 Å². The molecule has 434 valence electrons. The zero-order valence-corrected chi connectivity index (χ0v) is 40.7. The second-order valence-electron chi connectivity index (χ2n) is 19.0.